The Bertz CT molecular complexity index is 1660. The van der Waals surface area contributed by atoms with Crippen molar-refractivity contribution in [2.75, 3.05) is 18.5 Å². The third-order valence-electron chi connectivity index (χ3n) is 5.83. The van der Waals surface area contributed by atoms with E-state index in [1.54, 1.807) is 24.7 Å². The van der Waals surface area contributed by atoms with Gasteiger partial charge in [-0.3, -0.25) is 23.5 Å². The van der Waals surface area contributed by atoms with Gasteiger partial charge in [0.25, 0.3) is 5.56 Å². The standard InChI is InChI=1S/C25H26N8O2/c1-5-6-11-32-21-22(29-24(32)30(3)14-16(2)27)31(4)25(35)33(23(21)34)15-20-19(12-26)18-10-8-7-9-17(18)13-28-20/h7-10,13,16H,11,14-15,27H2,1-4H3/t16-/m0/s1. The number of fused-ring (bicyclic) bond motifs is 2. The Hall–Kier alpha value is -4.41. The molecular weight excluding hydrogens is 444 g/mol. The molecule has 0 bridgehead atoms. The van der Waals surface area contributed by atoms with Gasteiger partial charge in [0.1, 0.15) is 6.07 Å². The SMILES string of the molecule is CC#CCn1c(N(C)C[C@H](C)N)nc2c1c(=O)n(Cc1ncc3ccccc3c1C#N)c(=O)n2C. The van der Waals surface area contributed by atoms with Gasteiger partial charge in [0.15, 0.2) is 11.2 Å². The van der Waals surface area contributed by atoms with Crippen LogP contribution in [0.15, 0.2) is 40.1 Å². The normalized spacial score (nSPS) is 11.8. The van der Waals surface area contributed by atoms with Crippen LogP contribution in [0, 0.1) is 23.2 Å². The Labute approximate surface area is 201 Å². The first-order valence-electron chi connectivity index (χ1n) is 11.1. The molecule has 3 heterocycles. The summed E-state index contributed by atoms with van der Waals surface area (Å²) in [4.78, 5) is 37.8. The van der Waals surface area contributed by atoms with Crippen LogP contribution in [-0.2, 0) is 20.1 Å². The second-order valence-corrected chi connectivity index (χ2v) is 8.47. The van der Waals surface area contributed by atoms with Crippen molar-refractivity contribution in [2.24, 2.45) is 12.8 Å². The van der Waals surface area contributed by atoms with Crippen LogP contribution < -0.4 is 21.9 Å². The highest BCUT2D eigenvalue weighted by Crippen LogP contribution is 2.21. The number of hydrogen-bond acceptors (Lipinski definition) is 7. The van der Waals surface area contributed by atoms with Gasteiger partial charge in [-0.2, -0.15) is 10.2 Å². The molecule has 4 rings (SSSR count). The van der Waals surface area contributed by atoms with Crippen LogP contribution in [0.1, 0.15) is 25.1 Å². The largest absolute Gasteiger partial charge is 0.344 e. The van der Waals surface area contributed by atoms with Gasteiger partial charge in [-0.25, -0.2) is 4.79 Å². The summed E-state index contributed by atoms with van der Waals surface area (Å²) in [6, 6.07) is 9.43. The highest BCUT2D eigenvalue weighted by atomic mass is 16.2. The Morgan fingerprint density at radius 3 is 2.66 bits per heavy atom. The van der Waals surface area contributed by atoms with Gasteiger partial charge in [0, 0.05) is 43.7 Å². The van der Waals surface area contributed by atoms with E-state index in [-0.39, 0.29) is 30.3 Å². The summed E-state index contributed by atoms with van der Waals surface area (Å²) in [6.45, 7) is 4.16. The maximum Gasteiger partial charge on any atom is 0.332 e. The Morgan fingerprint density at radius 2 is 1.97 bits per heavy atom. The van der Waals surface area contributed by atoms with Crippen LogP contribution in [0.5, 0.6) is 0 Å². The second-order valence-electron chi connectivity index (χ2n) is 8.47. The van der Waals surface area contributed by atoms with E-state index in [1.807, 2.05) is 43.1 Å². The summed E-state index contributed by atoms with van der Waals surface area (Å²) in [5.74, 6) is 6.32. The van der Waals surface area contributed by atoms with Gasteiger partial charge in [-0.1, -0.05) is 30.2 Å². The van der Waals surface area contributed by atoms with Crippen molar-refractivity contribution < 1.29 is 0 Å². The van der Waals surface area contributed by atoms with Crippen LogP contribution in [0.3, 0.4) is 0 Å². The van der Waals surface area contributed by atoms with Gasteiger partial charge < -0.3 is 10.6 Å². The number of imidazole rings is 1. The van der Waals surface area contributed by atoms with Crippen molar-refractivity contribution in [3.05, 3.63) is 62.6 Å². The number of nitriles is 1. The van der Waals surface area contributed by atoms with Crippen molar-refractivity contribution in [2.45, 2.75) is 33.0 Å². The van der Waals surface area contributed by atoms with Gasteiger partial charge in [0.2, 0.25) is 5.95 Å². The number of nitrogens with zero attached hydrogens (tertiary/aromatic N) is 7. The highest BCUT2D eigenvalue weighted by molar-refractivity contribution is 5.87. The molecule has 1 aromatic carbocycles. The third kappa shape index (κ3) is 4.16. The van der Waals surface area contributed by atoms with Gasteiger partial charge in [-0.15, -0.1) is 5.92 Å². The van der Waals surface area contributed by atoms with Crippen molar-refractivity contribution in [1.82, 2.24) is 23.7 Å². The summed E-state index contributed by atoms with van der Waals surface area (Å²) in [6.07, 6.45) is 1.64. The predicted octanol–water partition coefficient (Wildman–Crippen LogP) is 1.17. The van der Waals surface area contributed by atoms with Crippen LogP contribution in [0.2, 0.25) is 0 Å². The molecule has 10 heteroatoms. The number of nitrogens with two attached hydrogens (primary N) is 1. The molecule has 35 heavy (non-hydrogen) atoms. The molecule has 0 aliphatic heterocycles. The second kappa shape index (κ2) is 9.45. The molecule has 178 valence electrons. The molecule has 3 aromatic heterocycles. The first-order chi connectivity index (χ1) is 16.8. The minimum Gasteiger partial charge on any atom is -0.344 e. The number of benzene rings is 1. The average molecular weight is 471 g/mol. The molecule has 0 amide bonds. The maximum atomic E-state index is 13.7. The zero-order valence-corrected chi connectivity index (χ0v) is 20.1. The summed E-state index contributed by atoms with van der Waals surface area (Å²) < 4.78 is 4.13. The van der Waals surface area contributed by atoms with Crippen molar-refractivity contribution in [1.29, 1.82) is 5.26 Å². The maximum absolute atomic E-state index is 13.7. The molecule has 0 unspecified atom stereocenters. The van der Waals surface area contributed by atoms with E-state index in [2.05, 4.69) is 27.9 Å². The number of rotatable bonds is 6. The van der Waals surface area contributed by atoms with Gasteiger partial charge >= 0.3 is 5.69 Å². The number of pyridine rings is 1. The van der Waals surface area contributed by atoms with Crippen LogP contribution in [-0.4, -0.2) is 43.3 Å². The molecule has 0 saturated heterocycles. The molecule has 1 atom stereocenters. The van der Waals surface area contributed by atoms with Crippen molar-refractivity contribution >= 4 is 27.9 Å². The first-order valence-corrected chi connectivity index (χ1v) is 11.1. The van der Waals surface area contributed by atoms with Crippen molar-refractivity contribution in [3.8, 4) is 17.9 Å². The number of anilines is 1. The molecule has 0 radical (unpaired) electrons. The van der Waals surface area contributed by atoms with Crippen LogP contribution >= 0.6 is 0 Å². The molecule has 0 spiro atoms. The average Bonchev–Trinajstić information content (AvgIpc) is 3.23. The van der Waals surface area contributed by atoms with Gasteiger partial charge in [-0.05, 0) is 13.8 Å². The lowest BCUT2D eigenvalue weighted by Gasteiger charge is -2.20. The topological polar surface area (TPSA) is 128 Å². The lowest BCUT2D eigenvalue weighted by molar-refractivity contribution is 0.644. The smallest absolute Gasteiger partial charge is 0.332 e. The molecule has 0 aliphatic carbocycles. The highest BCUT2D eigenvalue weighted by Gasteiger charge is 2.23. The Kier molecular flexibility index (Phi) is 6.41. The lowest BCUT2D eigenvalue weighted by Crippen LogP contribution is -2.40. The first kappa shape index (κ1) is 23.7. The molecule has 0 fully saturated rings. The van der Waals surface area contributed by atoms with Gasteiger partial charge in [0.05, 0.1) is 24.3 Å². The molecule has 4 aromatic rings. The zero-order chi connectivity index (χ0) is 25.3. The quantitative estimate of drug-likeness (QED) is 0.419. The molecular formula is C25H26N8O2. The zero-order valence-electron chi connectivity index (χ0n) is 20.1. The van der Waals surface area contributed by atoms with Crippen LogP contribution in [0.25, 0.3) is 21.9 Å². The third-order valence-corrected chi connectivity index (χ3v) is 5.83. The van der Waals surface area contributed by atoms with E-state index in [1.165, 1.54) is 4.57 Å². The number of aryl methyl sites for hydroxylation is 1. The van der Waals surface area contributed by atoms with Crippen molar-refractivity contribution in [3.63, 3.8) is 0 Å². The minimum atomic E-state index is -0.547. The molecule has 0 saturated carbocycles. The summed E-state index contributed by atoms with van der Waals surface area (Å²) in [5.41, 5.74) is 6.09. The van der Waals surface area contributed by atoms with E-state index in [0.29, 0.717) is 29.1 Å². The van der Waals surface area contributed by atoms with E-state index in [4.69, 9.17) is 5.73 Å². The fourth-order valence-corrected chi connectivity index (χ4v) is 4.21. The van der Waals surface area contributed by atoms with Crippen LogP contribution in [0.4, 0.5) is 5.95 Å². The van der Waals surface area contributed by atoms with E-state index >= 15 is 0 Å². The lowest BCUT2D eigenvalue weighted by atomic mass is 10.1. The molecule has 2 N–H and O–H groups in total. The van der Waals surface area contributed by atoms with E-state index in [0.717, 1.165) is 9.95 Å². The fourth-order valence-electron chi connectivity index (χ4n) is 4.21. The Balaban J connectivity index is 1.96. The van der Waals surface area contributed by atoms with E-state index in [9.17, 15) is 14.9 Å². The summed E-state index contributed by atoms with van der Waals surface area (Å²) in [5, 5.41) is 11.4. The number of aromatic nitrogens is 5. The fraction of sp³-hybridized carbons (Fsp3) is 0.320. The summed E-state index contributed by atoms with van der Waals surface area (Å²) in [7, 11) is 3.40. The number of hydrogen-bond donors (Lipinski definition) is 1. The minimum absolute atomic E-state index is 0.130. The predicted molar refractivity (Wildman–Crippen MR) is 135 cm³/mol. The van der Waals surface area contributed by atoms with E-state index < -0.39 is 11.2 Å². The molecule has 0 aliphatic rings. The summed E-state index contributed by atoms with van der Waals surface area (Å²) >= 11 is 0. The Morgan fingerprint density at radius 1 is 1.23 bits per heavy atom. The number of likely N-dealkylation sites (N-methyl/N-ethyl adjacent to an activating group) is 1. The molecule has 10 nitrogen and oxygen atoms in total. The monoisotopic (exact) mass is 470 g/mol.